The number of carbonyl (C=O) groups excluding carboxylic acids is 1. The van der Waals surface area contributed by atoms with Crippen LogP contribution >= 0.6 is 0 Å². The minimum absolute atomic E-state index is 0.0804. The summed E-state index contributed by atoms with van der Waals surface area (Å²) < 4.78 is 0. The van der Waals surface area contributed by atoms with Crippen molar-refractivity contribution in [2.24, 2.45) is 0 Å². The number of allylic oxidation sites excluding steroid dienone is 1. The van der Waals surface area contributed by atoms with Crippen molar-refractivity contribution in [1.82, 2.24) is 0 Å². The van der Waals surface area contributed by atoms with Crippen molar-refractivity contribution in [3.8, 4) is 22.3 Å². The number of ketones is 1. The molecule has 160 valence electrons. The SMILES string of the molecule is O=C1C(c2ccccc2)=C(c2ccccc2)c2cc(-c3ccccc3)c(-c3ccccc3)cc21. The molecule has 0 heterocycles. The lowest BCUT2D eigenvalue weighted by Gasteiger charge is -2.15. The lowest BCUT2D eigenvalue weighted by Crippen LogP contribution is -1.99. The molecular formula is C33H22O. The van der Waals surface area contributed by atoms with Crippen molar-refractivity contribution < 1.29 is 4.79 Å². The quantitative estimate of drug-likeness (QED) is 0.279. The smallest absolute Gasteiger partial charge is 0.194 e. The molecule has 1 aliphatic carbocycles. The molecule has 5 aromatic rings. The maximum atomic E-state index is 14.0. The van der Waals surface area contributed by atoms with Gasteiger partial charge in [-0.15, -0.1) is 0 Å². The molecule has 6 rings (SSSR count). The molecule has 0 amide bonds. The fourth-order valence-corrected chi connectivity index (χ4v) is 4.88. The van der Waals surface area contributed by atoms with Crippen molar-refractivity contribution in [3.63, 3.8) is 0 Å². The summed E-state index contributed by atoms with van der Waals surface area (Å²) in [5.74, 6) is 0.0804. The number of benzene rings is 5. The minimum Gasteiger partial charge on any atom is -0.289 e. The zero-order valence-corrected chi connectivity index (χ0v) is 18.6. The number of rotatable bonds is 4. The Morgan fingerprint density at radius 3 is 1.12 bits per heavy atom. The van der Waals surface area contributed by atoms with Crippen LogP contribution in [0.3, 0.4) is 0 Å². The zero-order chi connectivity index (χ0) is 22.9. The highest BCUT2D eigenvalue weighted by atomic mass is 16.1. The van der Waals surface area contributed by atoms with E-state index in [0.717, 1.165) is 55.7 Å². The van der Waals surface area contributed by atoms with Crippen LogP contribution in [0.15, 0.2) is 133 Å². The Kier molecular flexibility index (Phi) is 5.01. The van der Waals surface area contributed by atoms with Gasteiger partial charge in [0.15, 0.2) is 5.78 Å². The van der Waals surface area contributed by atoms with Gasteiger partial charge in [0.1, 0.15) is 0 Å². The molecule has 0 aromatic heterocycles. The summed E-state index contributed by atoms with van der Waals surface area (Å²) in [6, 6.07) is 45.3. The maximum Gasteiger partial charge on any atom is 0.194 e. The third-order valence-corrected chi connectivity index (χ3v) is 6.44. The number of Topliss-reactive ketones (excluding diaryl/α,β-unsaturated/α-hetero) is 1. The Morgan fingerprint density at radius 1 is 0.324 bits per heavy atom. The van der Waals surface area contributed by atoms with E-state index in [4.69, 9.17) is 0 Å². The first-order chi connectivity index (χ1) is 16.8. The summed E-state index contributed by atoms with van der Waals surface area (Å²) in [7, 11) is 0. The topological polar surface area (TPSA) is 17.1 Å². The molecule has 34 heavy (non-hydrogen) atoms. The van der Waals surface area contributed by atoms with Gasteiger partial charge in [-0.1, -0.05) is 121 Å². The van der Waals surface area contributed by atoms with E-state index in [9.17, 15) is 4.79 Å². The highest BCUT2D eigenvalue weighted by Gasteiger charge is 2.32. The Balaban J connectivity index is 1.67. The molecule has 0 spiro atoms. The van der Waals surface area contributed by atoms with Gasteiger partial charge < -0.3 is 0 Å². The van der Waals surface area contributed by atoms with Crippen molar-refractivity contribution >= 4 is 16.9 Å². The monoisotopic (exact) mass is 434 g/mol. The van der Waals surface area contributed by atoms with E-state index < -0.39 is 0 Å². The Bertz CT molecular complexity index is 1510. The number of fused-ring (bicyclic) bond motifs is 1. The fraction of sp³-hybridized carbons (Fsp3) is 0. The third-order valence-electron chi connectivity index (χ3n) is 6.44. The van der Waals surface area contributed by atoms with Gasteiger partial charge in [-0.2, -0.15) is 0 Å². The standard InChI is InChI=1S/C33H22O/c34-33-30-22-28(24-15-7-2-8-16-24)27(23-13-5-1-6-14-23)21-29(30)31(25-17-9-3-10-18-25)32(33)26-19-11-4-12-20-26/h1-22H. The first-order valence-electron chi connectivity index (χ1n) is 11.5. The highest BCUT2D eigenvalue weighted by molar-refractivity contribution is 6.41. The second-order valence-electron chi connectivity index (χ2n) is 8.49. The molecular weight excluding hydrogens is 412 g/mol. The van der Waals surface area contributed by atoms with Crippen LogP contribution in [-0.4, -0.2) is 5.78 Å². The normalized spacial score (nSPS) is 12.6. The molecule has 1 heteroatoms. The minimum atomic E-state index is 0.0804. The molecule has 5 aromatic carbocycles. The molecule has 0 radical (unpaired) electrons. The molecule has 1 aliphatic rings. The van der Waals surface area contributed by atoms with Gasteiger partial charge in [0.2, 0.25) is 0 Å². The second kappa shape index (κ2) is 8.46. The molecule has 0 bridgehead atoms. The first kappa shape index (κ1) is 20.1. The van der Waals surface area contributed by atoms with Crippen molar-refractivity contribution in [1.29, 1.82) is 0 Å². The van der Waals surface area contributed by atoms with Crippen LogP contribution < -0.4 is 0 Å². The Labute approximate surface area is 199 Å². The van der Waals surface area contributed by atoms with Crippen LogP contribution in [0.5, 0.6) is 0 Å². The van der Waals surface area contributed by atoms with Crippen LogP contribution in [0.4, 0.5) is 0 Å². The van der Waals surface area contributed by atoms with Gasteiger partial charge in [0, 0.05) is 16.7 Å². The van der Waals surface area contributed by atoms with E-state index >= 15 is 0 Å². The predicted molar refractivity (Wildman–Crippen MR) is 140 cm³/mol. The highest BCUT2D eigenvalue weighted by Crippen LogP contribution is 2.46. The zero-order valence-electron chi connectivity index (χ0n) is 18.6. The Hall–Kier alpha value is -4.49. The molecule has 0 saturated carbocycles. The van der Waals surface area contributed by atoms with E-state index in [1.807, 2.05) is 72.8 Å². The average Bonchev–Trinajstić information content (AvgIpc) is 3.21. The van der Waals surface area contributed by atoms with Crippen LogP contribution in [0.1, 0.15) is 27.0 Å². The molecule has 0 atom stereocenters. The molecule has 1 nitrogen and oxygen atoms in total. The van der Waals surface area contributed by atoms with Crippen molar-refractivity contribution in [2.75, 3.05) is 0 Å². The van der Waals surface area contributed by atoms with Gasteiger partial charge in [-0.05, 0) is 51.1 Å². The lowest BCUT2D eigenvalue weighted by molar-refractivity contribution is 0.105. The first-order valence-corrected chi connectivity index (χ1v) is 11.5. The summed E-state index contributed by atoms with van der Waals surface area (Å²) in [5.41, 5.74) is 9.97. The summed E-state index contributed by atoms with van der Waals surface area (Å²) >= 11 is 0. The van der Waals surface area contributed by atoms with E-state index in [1.54, 1.807) is 0 Å². The lowest BCUT2D eigenvalue weighted by atomic mass is 9.88. The molecule has 0 saturated heterocycles. The van der Waals surface area contributed by atoms with E-state index in [2.05, 4.69) is 60.7 Å². The third kappa shape index (κ3) is 3.39. The molecule has 0 fully saturated rings. The molecule has 0 aliphatic heterocycles. The van der Waals surface area contributed by atoms with Gasteiger partial charge >= 0.3 is 0 Å². The summed E-state index contributed by atoms with van der Waals surface area (Å²) in [6.45, 7) is 0. The van der Waals surface area contributed by atoms with Gasteiger partial charge in [0.25, 0.3) is 0 Å². The van der Waals surface area contributed by atoms with E-state index in [-0.39, 0.29) is 5.78 Å². The van der Waals surface area contributed by atoms with Crippen molar-refractivity contribution in [2.45, 2.75) is 0 Å². The van der Waals surface area contributed by atoms with Crippen LogP contribution in [0.2, 0.25) is 0 Å². The van der Waals surface area contributed by atoms with E-state index in [1.165, 1.54) is 0 Å². The van der Waals surface area contributed by atoms with Gasteiger partial charge in [-0.3, -0.25) is 4.79 Å². The maximum absolute atomic E-state index is 14.0. The number of carbonyl (C=O) groups is 1. The number of hydrogen-bond donors (Lipinski definition) is 0. The second-order valence-corrected chi connectivity index (χ2v) is 8.49. The summed E-state index contributed by atoms with van der Waals surface area (Å²) in [6.07, 6.45) is 0. The Morgan fingerprint density at radius 2 is 0.676 bits per heavy atom. The van der Waals surface area contributed by atoms with Gasteiger partial charge in [-0.25, -0.2) is 0 Å². The predicted octanol–water partition coefficient (Wildman–Crippen LogP) is 8.18. The summed E-state index contributed by atoms with van der Waals surface area (Å²) in [4.78, 5) is 14.0. The average molecular weight is 435 g/mol. The number of hydrogen-bond acceptors (Lipinski definition) is 1. The van der Waals surface area contributed by atoms with Crippen molar-refractivity contribution in [3.05, 3.63) is 156 Å². The van der Waals surface area contributed by atoms with Gasteiger partial charge in [0.05, 0.1) is 0 Å². The molecule has 0 N–H and O–H groups in total. The van der Waals surface area contributed by atoms with Crippen LogP contribution in [0, 0.1) is 0 Å². The largest absolute Gasteiger partial charge is 0.289 e. The van der Waals surface area contributed by atoms with E-state index in [0.29, 0.717) is 0 Å². The van der Waals surface area contributed by atoms with Crippen LogP contribution in [0.25, 0.3) is 33.4 Å². The summed E-state index contributed by atoms with van der Waals surface area (Å²) in [5, 5.41) is 0. The van der Waals surface area contributed by atoms with Crippen LogP contribution in [-0.2, 0) is 0 Å². The molecule has 0 unspecified atom stereocenters. The fourth-order valence-electron chi connectivity index (χ4n) is 4.88.